The predicted molar refractivity (Wildman–Crippen MR) is 50.3 cm³/mol. The maximum Gasteiger partial charge on any atom is 0.115 e. The van der Waals surface area contributed by atoms with E-state index in [0.717, 1.165) is 6.54 Å². The van der Waals surface area contributed by atoms with E-state index >= 15 is 0 Å². The summed E-state index contributed by atoms with van der Waals surface area (Å²) in [4.78, 5) is 0. The van der Waals surface area contributed by atoms with Gasteiger partial charge in [-0.1, -0.05) is 18.5 Å². The third kappa shape index (κ3) is 3.05. The number of nitrogens with one attached hydrogen (secondary N) is 1. The molecule has 0 spiro atoms. The standard InChI is InChI=1S/C8H11ClN4/c1-2-11-8(3-10)6-13-5-7(9)4-12-13/h4-5,8,11H,2,6H2,1H3. The van der Waals surface area contributed by atoms with Crippen molar-refractivity contribution < 1.29 is 0 Å². The summed E-state index contributed by atoms with van der Waals surface area (Å²) < 4.78 is 1.65. The van der Waals surface area contributed by atoms with Gasteiger partial charge in [0.05, 0.1) is 23.8 Å². The minimum absolute atomic E-state index is 0.207. The van der Waals surface area contributed by atoms with Crippen LogP contribution in [0.15, 0.2) is 12.4 Å². The van der Waals surface area contributed by atoms with Crippen LogP contribution in [0.4, 0.5) is 0 Å². The second kappa shape index (κ2) is 4.85. The van der Waals surface area contributed by atoms with Crippen LogP contribution in [-0.2, 0) is 6.54 Å². The Balaban J connectivity index is 2.52. The number of likely N-dealkylation sites (N-methyl/N-ethyl adjacent to an activating group) is 1. The first-order valence-corrected chi connectivity index (χ1v) is 4.45. The fourth-order valence-corrected chi connectivity index (χ4v) is 1.18. The number of rotatable bonds is 4. The van der Waals surface area contributed by atoms with E-state index in [1.165, 1.54) is 0 Å². The van der Waals surface area contributed by atoms with Gasteiger partial charge < -0.3 is 5.32 Å². The van der Waals surface area contributed by atoms with Crippen molar-refractivity contribution in [3.8, 4) is 6.07 Å². The molecule has 0 fully saturated rings. The van der Waals surface area contributed by atoms with Crippen LogP contribution in [0.2, 0.25) is 5.02 Å². The summed E-state index contributed by atoms with van der Waals surface area (Å²) in [5.41, 5.74) is 0. The molecule has 0 saturated heterocycles. The number of halogens is 1. The Morgan fingerprint density at radius 1 is 1.85 bits per heavy atom. The van der Waals surface area contributed by atoms with E-state index in [-0.39, 0.29) is 6.04 Å². The van der Waals surface area contributed by atoms with E-state index in [2.05, 4.69) is 16.5 Å². The summed E-state index contributed by atoms with van der Waals surface area (Å²) in [5, 5.41) is 16.3. The van der Waals surface area contributed by atoms with Crippen LogP contribution in [0.1, 0.15) is 6.92 Å². The number of nitrogens with zero attached hydrogens (tertiary/aromatic N) is 3. The first kappa shape index (κ1) is 10.0. The van der Waals surface area contributed by atoms with Crippen molar-refractivity contribution in [2.24, 2.45) is 0 Å². The molecule has 1 heterocycles. The fraction of sp³-hybridized carbons (Fsp3) is 0.500. The quantitative estimate of drug-likeness (QED) is 0.787. The zero-order valence-corrected chi connectivity index (χ0v) is 8.12. The molecule has 70 valence electrons. The van der Waals surface area contributed by atoms with E-state index in [0.29, 0.717) is 11.6 Å². The van der Waals surface area contributed by atoms with Crippen LogP contribution in [0.5, 0.6) is 0 Å². The van der Waals surface area contributed by atoms with Gasteiger partial charge in [0, 0.05) is 6.20 Å². The molecular weight excluding hydrogens is 188 g/mol. The van der Waals surface area contributed by atoms with Gasteiger partial charge in [-0.3, -0.25) is 4.68 Å². The van der Waals surface area contributed by atoms with Gasteiger partial charge in [-0.25, -0.2) is 0 Å². The van der Waals surface area contributed by atoms with Crippen molar-refractivity contribution in [1.29, 1.82) is 5.26 Å². The molecule has 1 aromatic heterocycles. The van der Waals surface area contributed by atoms with Gasteiger partial charge in [0.25, 0.3) is 0 Å². The molecule has 0 aliphatic carbocycles. The molecule has 1 N–H and O–H groups in total. The van der Waals surface area contributed by atoms with E-state index in [1.54, 1.807) is 17.1 Å². The topological polar surface area (TPSA) is 53.6 Å². The maximum absolute atomic E-state index is 8.74. The molecule has 1 unspecified atom stereocenters. The van der Waals surface area contributed by atoms with Gasteiger partial charge in [0.1, 0.15) is 6.04 Å². The number of hydrogen-bond donors (Lipinski definition) is 1. The molecular formula is C8H11ClN4. The molecule has 13 heavy (non-hydrogen) atoms. The van der Waals surface area contributed by atoms with Crippen molar-refractivity contribution in [2.75, 3.05) is 6.54 Å². The Morgan fingerprint density at radius 3 is 3.08 bits per heavy atom. The summed E-state index contributed by atoms with van der Waals surface area (Å²) in [6.45, 7) is 3.25. The summed E-state index contributed by atoms with van der Waals surface area (Å²) in [5.74, 6) is 0. The van der Waals surface area contributed by atoms with Crippen LogP contribution in [0, 0.1) is 11.3 Å². The molecule has 0 amide bonds. The molecule has 0 radical (unpaired) electrons. The Bertz CT molecular complexity index is 301. The van der Waals surface area contributed by atoms with Gasteiger partial charge >= 0.3 is 0 Å². The molecule has 1 aromatic rings. The van der Waals surface area contributed by atoms with Gasteiger partial charge in [-0.15, -0.1) is 0 Å². The average Bonchev–Trinajstić information content (AvgIpc) is 2.50. The van der Waals surface area contributed by atoms with E-state index < -0.39 is 0 Å². The monoisotopic (exact) mass is 198 g/mol. The van der Waals surface area contributed by atoms with Gasteiger partial charge in [-0.05, 0) is 6.54 Å². The number of nitriles is 1. The molecule has 0 aromatic carbocycles. The van der Waals surface area contributed by atoms with Gasteiger partial charge in [0.2, 0.25) is 0 Å². The van der Waals surface area contributed by atoms with Crippen LogP contribution in [-0.4, -0.2) is 22.4 Å². The predicted octanol–water partition coefficient (Wildman–Crippen LogP) is 1.04. The largest absolute Gasteiger partial charge is 0.301 e. The molecule has 5 heteroatoms. The third-order valence-corrected chi connectivity index (χ3v) is 1.77. The number of hydrogen-bond acceptors (Lipinski definition) is 3. The lowest BCUT2D eigenvalue weighted by molar-refractivity contribution is 0.501. The summed E-state index contributed by atoms with van der Waals surface area (Å²) in [6.07, 6.45) is 3.26. The zero-order chi connectivity index (χ0) is 9.68. The zero-order valence-electron chi connectivity index (χ0n) is 7.37. The smallest absolute Gasteiger partial charge is 0.115 e. The average molecular weight is 199 g/mol. The Labute approximate surface area is 82.1 Å². The lowest BCUT2D eigenvalue weighted by Gasteiger charge is -2.08. The minimum Gasteiger partial charge on any atom is -0.301 e. The first-order valence-electron chi connectivity index (χ1n) is 4.07. The maximum atomic E-state index is 8.74. The lowest BCUT2D eigenvalue weighted by Crippen LogP contribution is -2.31. The Hall–Kier alpha value is -1.05. The fourth-order valence-electron chi connectivity index (χ4n) is 1.02. The molecule has 1 atom stereocenters. The molecule has 0 saturated carbocycles. The van der Waals surface area contributed by atoms with Gasteiger partial charge in [-0.2, -0.15) is 10.4 Å². The lowest BCUT2D eigenvalue weighted by atomic mass is 10.3. The van der Waals surface area contributed by atoms with Crippen LogP contribution < -0.4 is 5.32 Å². The van der Waals surface area contributed by atoms with Gasteiger partial charge in [0.15, 0.2) is 0 Å². The van der Waals surface area contributed by atoms with E-state index in [9.17, 15) is 0 Å². The summed E-state index contributed by atoms with van der Waals surface area (Å²) >= 11 is 5.68. The van der Waals surface area contributed by atoms with Crippen molar-refractivity contribution in [1.82, 2.24) is 15.1 Å². The molecule has 1 rings (SSSR count). The third-order valence-electron chi connectivity index (χ3n) is 1.58. The van der Waals surface area contributed by atoms with Crippen molar-refractivity contribution in [2.45, 2.75) is 19.5 Å². The Kier molecular flexibility index (Phi) is 3.74. The molecule has 0 bridgehead atoms. The number of aromatic nitrogens is 2. The highest BCUT2D eigenvalue weighted by molar-refractivity contribution is 6.30. The minimum atomic E-state index is -0.207. The summed E-state index contributed by atoms with van der Waals surface area (Å²) in [6, 6.07) is 1.94. The highest BCUT2D eigenvalue weighted by Gasteiger charge is 2.06. The van der Waals surface area contributed by atoms with Crippen LogP contribution >= 0.6 is 11.6 Å². The van der Waals surface area contributed by atoms with Crippen molar-refractivity contribution in [3.63, 3.8) is 0 Å². The summed E-state index contributed by atoms with van der Waals surface area (Å²) in [7, 11) is 0. The first-order chi connectivity index (χ1) is 6.26. The van der Waals surface area contributed by atoms with Crippen LogP contribution in [0.25, 0.3) is 0 Å². The highest BCUT2D eigenvalue weighted by atomic mass is 35.5. The molecule has 0 aliphatic heterocycles. The normalized spacial score (nSPS) is 12.4. The molecule has 0 aliphatic rings. The second-order valence-corrected chi connectivity index (χ2v) is 3.06. The van der Waals surface area contributed by atoms with Crippen LogP contribution in [0.3, 0.4) is 0 Å². The Morgan fingerprint density at radius 2 is 2.62 bits per heavy atom. The van der Waals surface area contributed by atoms with Crippen molar-refractivity contribution in [3.05, 3.63) is 17.4 Å². The SMILES string of the molecule is CCNC(C#N)Cn1cc(Cl)cn1. The van der Waals surface area contributed by atoms with E-state index in [4.69, 9.17) is 16.9 Å². The second-order valence-electron chi connectivity index (χ2n) is 2.62. The van der Waals surface area contributed by atoms with Crippen molar-refractivity contribution >= 4 is 11.6 Å². The molecule has 4 nitrogen and oxygen atoms in total. The highest BCUT2D eigenvalue weighted by Crippen LogP contribution is 2.04. The van der Waals surface area contributed by atoms with E-state index in [1.807, 2.05) is 6.92 Å².